The number of anilines is 2. The van der Waals surface area contributed by atoms with Crippen molar-refractivity contribution in [2.75, 3.05) is 16.8 Å². The minimum Gasteiger partial charge on any atom is -0.352 e. The Morgan fingerprint density at radius 2 is 1.59 bits per heavy atom. The number of hydrogen-bond acceptors (Lipinski definition) is 6. The maximum absolute atomic E-state index is 13.1. The van der Waals surface area contributed by atoms with Gasteiger partial charge in [0.2, 0.25) is 5.95 Å². The Balaban J connectivity index is 0.984. The second kappa shape index (κ2) is 13.1. The summed E-state index contributed by atoms with van der Waals surface area (Å²) in [5.41, 5.74) is 4.06. The Kier molecular flexibility index (Phi) is 8.85. The van der Waals surface area contributed by atoms with Crippen LogP contribution in [0.15, 0.2) is 60.9 Å². The summed E-state index contributed by atoms with van der Waals surface area (Å²) in [5, 5.41) is 4.27. The molecule has 0 bridgehead atoms. The molecule has 1 saturated carbocycles. The van der Waals surface area contributed by atoms with Crippen molar-refractivity contribution in [3.8, 4) is 11.4 Å². The van der Waals surface area contributed by atoms with Crippen molar-refractivity contribution in [1.82, 2.24) is 19.9 Å². The lowest BCUT2D eigenvalue weighted by molar-refractivity contribution is 0.0963. The normalized spacial score (nSPS) is 22.9. The van der Waals surface area contributed by atoms with E-state index >= 15 is 0 Å². The van der Waals surface area contributed by atoms with Crippen molar-refractivity contribution < 1.29 is 9.00 Å². The van der Waals surface area contributed by atoms with Crippen LogP contribution >= 0.6 is 0 Å². The summed E-state index contributed by atoms with van der Waals surface area (Å²) in [4.78, 5) is 29.7. The molecule has 2 aliphatic rings. The van der Waals surface area contributed by atoms with E-state index < -0.39 is 10.8 Å². The summed E-state index contributed by atoms with van der Waals surface area (Å²) in [6, 6.07) is 15.5. The molecule has 2 fully saturated rings. The van der Waals surface area contributed by atoms with E-state index in [0.29, 0.717) is 24.0 Å². The zero-order valence-corrected chi connectivity index (χ0v) is 24.4. The highest BCUT2D eigenvalue weighted by molar-refractivity contribution is 7.85. The Labute approximate surface area is 244 Å². The highest BCUT2D eigenvalue weighted by atomic mass is 32.2. The first-order chi connectivity index (χ1) is 20.1. The van der Waals surface area contributed by atoms with E-state index in [1.165, 1.54) is 38.5 Å². The van der Waals surface area contributed by atoms with Crippen LogP contribution in [0.5, 0.6) is 0 Å². The highest BCUT2D eigenvalue weighted by Gasteiger charge is 2.24. The molecule has 214 valence electrons. The summed E-state index contributed by atoms with van der Waals surface area (Å²) < 4.78 is 11.6. The third-order valence-electron chi connectivity index (χ3n) is 9.00. The molecule has 3 aromatic heterocycles. The van der Waals surface area contributed by atoms with Gasteiger partial charge in [-0.05, 0) is 79.5 Å². The molecule has 4 aromatic rings. The summed E-state index contributed by atoms with van der Waals surface area (Å²) >= 11 is 0. The molecule has 0 spiro atoms. The molecular formula is C33H39N5O2S. The fourth-order valence-electron chi connectivity index (χ4n) is 6.45. The number of nitrogens with one attached hydrogen (secondary N) is 2. The van der Waals surface area contributed by atoms with Gasteiger partial charge in [-0.15, -0.1) is 0 Å². The topological polar surface area (TPSA) is 101 Å². The second-order valence-electron chi connectivity index (χ2n) is 11.8. The number of rotatable bonds is 10. The number of hydrogen-bond donors (Lipinski definition) is 2. The lowest BCUT2D eigenvalue weighted by Crippen LogP contribution is -2.20. The van der Waals surface area contributed by atoms with E-state index in [2.05, 4.69) is 25.3 Å². The molecule has 1 saturated heterocycles. The minimum atomic E-state index is -0.554. The number of ketones is 1. The van der Waals surface area contributed by atoms with Crippen molar-refractivity contribution in [3.63, 3.8) is 0 Å². The fraction of sp³-hybridized carbons (Fsp3) is 0.455. The van der Waals surface area contributed by atoms with Crippen LogP contribution in [0.4, 0.5) is 11.6 Å². The second-order valence-corrected chi connectivity index (χ2v) is 13.5. The van der Waals surface area contributed by atoms with Crippen LogP contribution in [0.1, 0.15) is 74.7 Å². The quantitative estimate of drug-likeness (QED) is 0.192. The number of aromatic nitrogens is 4. The number of Topliss-reactive ketones (excluding diaryl/α,β-unsaturated/α-hetero) is 1. The van der Waals surface area contributed by atoms with Crippen LogP contribution in [-0.4, -0.2) is 41.4 Å². The van der Waals surface area contributed by atoms with E-state index in [-0.39, 0.29) is 5.78 Å². The summed E-state index contributed by atoms with van der Waals surface area (Å²) in [7, 11) is -0.554. The molecule has 8 heteroatoms. The predicted molar refractivity (Wildman–Crippen MR) is 166 cm³/mol. The number of nitrogens with zero attached hydrogens (tertiary/aromatic N) is 3. The highest BCUT2D eigenvalue weighted by Crippen LogP contribution is 2.36. The minimum absolute atomic E-state index is 0.193. The van der Waals surface area contributed by atoms with Crippen molar-refractivity contribution in [1.29, 1.82) is 0 Å². The molecule has 1 aliphatic heterocycles. The number of carbonyl (C=O) groups is 1. The van der Waals surface area contributed by atoms with E-state index in [4.69, 9.17) is 0 Å². The number of fused-ring (bicyclic) bond motifs is 1. The molecule has 2 N–H and O–H groups in total. The number of benzene rings is 1. The van der Waals surface area contributed by atoms with Gasteiger partial charge in [-0.2, -0.15) is 0 Å². The molecule has 7 nitrogen and oxygen atoms in total. The van der Waals surface area contributed by atoms with Gasteiger partial charge in [-0.25, -0.2) is 9.97 Å². The van der Waals surface area contributed by atoms with Crippen LogP contribution in [0.3, 0.4) is 0 Å². The Morgan fingerprint density at radius 1 is 0.829 bits per heavy atom. The van der Waals surface area contributed by atoms with Crippen LogP contribution in [-0.2, 0) is 10.8 Å². The zero-order valence-electron chi connectivity index (χ0n) is 23.6. The lowest BCUT2D eigenvalue weighted by Gasteiger charge is -2.30. The molecule has 6 rings (SSSR count). The van der Waals surface area contributed by atoms with Gasteiger partial charge in [0.25, 0.3) is 0 Å². The average molecular weight is 570 g/mol. The SMILES string of the molecule is O=C(CCC1CCC(CCC2CCS(=O)CC2)CC1)c1cc2cc(Nc3nccc(-c4ccccn4)n3)ccc2[nH]1. The van der Waals surface area contributed by atoms with E-state index in [0.717, 1.165) is 70.6 Å². The van der Waals surface area contributed by atoms with Crippen LogP contribution in [0.25, 0.3) is 22.3 Å². The summed E-state index contributed by atoms with van der Waals surface area (Å²) in [6.45, 7) is 0. The first-order valence-electron chi connectivity index (χ1n) is 15.1. The van der Waals surface area contributed by atoms with Gasteiger partial charge in [0.1, 0.15) is 0 Å². The van der Waals surface area contributed by atoms with Gasteiger partial charge >= 0.3 is 0 Å². The molecule has 0 radical (unpaired) electrons. The van der Waals surface area contributed by atoms with Crippen molar-refractivity contribution in [2.45, 2.75) is 64.2 Å². The maximum Gasteiger partial charge on any atom is 0.227 e. The smallest absolute Gasteiger partial charge is 0.227 e. The van der Waals surface area contributed by atoms with Gasteiger partial charge in [0.05, 0.1) is 17.1 Å². The fourth-order valence-corrected chi connectivity index (χ4v) is 7.84. The maximum atomic E-state index is 13.1. The van der Waals surface area contributed by atoms with Crippen molar-refractivity contribution in [3.05, 3.63) is 66.6 Å². The Hall–Kier alpha value is -3.39. The molecule has 0 unspecified atom stereocenters. The Morgan fingerprint density at radius 3 is 2.34 bits per heavy atom. The summed E-state index contributed by atoms with van der Waals surface area (Å²) in [6.07, 6.45) is 15.1. The standard InChI is InChI=1S/C33H39N5O2S/c39-32(13-10-24-6-4-23(5-7-24)8-9-25-15-19-41(40)20-16-25)31-22-26-21-27(11-12-28(26)37-31)36-33-35-18-14-30(38-33)29-3-1-2-17-34-29/h1-3,11-12,14,17-18,21-25,37H,4-10,13,15-16,19-20H2,(H,35,36,38). The van der Waals surface area contributed by atoms with Crippen molar-refractivity contribution in [2.24, 2.45) is 17.8 Å². The zero-order chi connectivity index (χ0) is 28.0. The van der Waals surface area contributed by atoms with Crippen LogP contribution < -0.4 is 5.32 Å². The number of H-pyrrole nitrogens is 1. The number of pyridine rings is 1. The largest absolute Gasteiger partial charge is 0.352 e. The molecule has 1 aromatic carbocycles. The average Bonchev–Trinajstić information content (AvgIpc) is 3.44. The van der Waals surface area contributed by atoms with Crippen molar-refractivity contribution >= 4 is 39.1 Å². The summed E-state index contributed by atoms with van der Waals surface area (Å²) in [5.74, 6) is 4.82. The van der Waals surface area contributed by atoms with Gasteiger partial charge in [-0.3, -0.25) is 14.0 Å². The van der Waals surface area contributed by atoms with Gasteiger partial charge in [0, 0.05) is 57.7 Å². The lowest BCUT2D eigenvalue weighted by atomic mass is 9.77. The van der Waals surface area contributed by atoms with Crippen LogP contribution in [0, 0.1) is 17.8 Å². The molecule has 0 atom stereocenters. The van der Waals surface area contributed by atoms with Gasteiger partial charge in [-0.1, -0.05) is 44.6 Å². The molecule has 4 heterocycles. The molecule has 41 heavy (non-hydrogen) atoms. The first kappa shape index (κ1) is 27.8. The van der Waals surface area contributed by atoms with Gasteiger partial charge in [0.15, 0.2) is 5.78 Å². The van der Waals surface area contributed by atoms with E-state index in [9.17, 15) is 9.00 Å². The molecule has 1 aliphatic carbocycles. The third kappa shape index (κ3) is 7.28. The third-order valence-corrected chi connectivity index (χ3v) is 10.4. The molecular weight excluding hydrogens is 530 g/mol. The molecule has 0 amide bonds. The first-order valence-corrected chi connectivity index (χ1v) is 16.6. The monoisotopic (exact) mass is 569 g/mol. The number of carbonyl (C=O) groups excluding carboxylic acids is 1. The Bertz CT molecular complexity index is 1490. The van der Waals surface area contributed by atoms with Gasteiger partial charge < -0.3 is 10.3 Å². The van der Waals surface area contributed by atoms with E-state index in [1.54, 1.807) is 12.4 Å². The predicted octanol–water partition coefficient (Wildman–Crippen LogP) is 7.47. The number of aromatic amines is 1. The van der Waals surface area contributed by atoms with Crippen LogP contribution in [0.2, 0.25) is 0 Å². The van der Waals surface area contributed by atoms with E-state index in [1.807, 2.05) is 48.5 Å².